The van der Waals surface area contributed by atoms with Crippen LogP contribution in [0.5, 0.6) is 0 Å². The Morgan fingerprint density at radius 2 is 1.85 bits per heavy atom. The van der Waals surface area contributed by atoms with Crippen molar-refractivity contribution in [3.8, 4) is 0 Å². The molecule has 1 saturated heterocycles. The molecule has 0 unspecified atom stereocenters. The van der Waals surface area contributed by atoms with Crippen LogP contribution in [0.2, 0.25) is 0 Å². The second-order valence-corrected chi connectivity index (χ2v) is 6.24. The molecule has 3 heteroatoms. The van der Waals surface area contributed by atoms with Crippen LogP contribution in [-0.2, 0) is 4.79 Å². The summed E-state index contributed by atoms with van der Waals surface area (Å²) in [5.41, 5.74) is 0. The number of nitrogens with zero attached hydrogens (tertiary/aromatic N) is 2. The Kier molecular flexibility index (Phi) is 6.08. The van der Waals surface area contributed by atoms with Gasteiger partial charge in [0.25, 0.3) is 0 Å². The van der Waals surface area contributed by atoms with Gasteiger partial charge in [-0.2, -0.15) is 0 Å². The molecule has 2 rings (SSSR count). The minimum absolute atomic E-state index is 0.275. The van der Waals surface area contributed by atoms with E-state index in [-0.39, 0.29) is 5.92 Å². The first-order chi connectivity index (χ1) is 9.74. The SMILES string of the molecule is CCN(CC)C(=O)C1CCN(C[C@H]2CC=CCC2)CC1. The van der Waals surface area contributed by atoms with E-state index in [9.17, 15) is 4.79 Å². The van der Waals surface area contributed by atoms with Gasteiger partial charge in [-0.15, -0.1) is 0 Å². The van der Waals surface area contributed by atoms with Crippen LogP contribution >= 0.6 is 0 Å². The van der Waals surface area contributed by atoms with Crippen LogP contribution < -0.4 is 0 Å². The molecule has 0 N–H and O–H groups in total. The van der Waals surface area contributed by atoms with Crippen LogP contribution in [0.25, 0.3) is 0 Å². The molecule has 114 valence electrons. The molecule has 0 radical (unpaired) electrons. The lowest BCUT2D eigenvalue weighted by Gasteiger charge is -2.35. The molecule has 0 aromatic heterocycles. The quantitative estimate of drug-likeness (QED) is 0.722. The number of carbonyl (C=O) groups is 1. The highest BCUT2D eigenvalue weighted by Gasteiger charge is 2.28. The van der Waals surface area contributed by atoms with Crippen LogP contribution in [0.15, 0.2) is 12.2 Å². The van der Waals surface area contributed by atoms with Crippen LogP contribution in [0, 0.1) is 11.8 Å². The zero-order chi connectivity index (χ0) is 14.4. The van der Waals surface area contributed by atoms with Crippen molar-refractivity contribution in [1.29, 1.82) is 0 Å². The Bertz CT molecular complexity index is 328. The molecule has 2 aliphatic rings. The number of hydrogen-bond acceptors (Lipinski definition) is 2. The van der Waals surface area contributed by atoms with Crippen molar-refractivity contribution in [2.45, 2.75) is 46.0 Å². The predicted molar refractivity (Wildman–Crippen MR) is 83.6 cm³/mol. The zero-order valence-corrected chi connectivity index (χ0v) is 13.2. The van der Waals surface area contributed by atoms with Gasteiger partial charge >= 0.3 is 0 Å². The minimum atomic E-state index is 0.275. The molecule has 0 spiro atoms. The van der Waals surface area contributed by atoms with Gasteiger partial charge in [0.15, 0.2) is 0 Å². The summed E-state index contributed by atoms with van der Waals surface area (Å²) in [5.74, 6) is 1.50. The molecule has 1 aliphatic heterocycles. The minimum Gasteiger partial charge on any atom is -0.343 e. The van der Waals surface area contributed by atoms with E-state index in [1.54, 1.807) is 0 Å². The van der Waals surface area contributed by atoms with Gasteiger partial charge in [-0.25, -0.2) is 0 Å². The zero-order valence-electron chi connectivity index (χ0n) is 13.2. The number of carbonyl (C=O) groups excluding carboxylic acids is 1. The largest absolute Gasteiger partial charge is 0.343 e. The predicted octanol–water partition coefficient (Wildman–Crippen LogP) is 2.92. The van der Waals surface area contributed by atoms with Gasteiger partial charge in [0.05, 0.1) is 0 Å². The summed E-state index contributed by atoms with van der Waals surface area (Å²) in [5, 5.41) is 0. The van der Waals surface area contributed by atoms with Crippen molar-refractivity contribution in [3.05, 3.63) is 12.2 Å². The lowest BCUT2D eigenvalue weighted by molar-refractivity contribution is -0.136. The Morgan fingerprint density at radius 1 is 1.15 bits per heavy atom. The lowest BCUT2D eigenvalue weighted by atomic mass is 9.91. The van der Waals surface area contributed by atoms with Gasteiger partial charge in [-0.3, -0.25) is 4.79 Å². The first-order valence-electron chi connectivity index (χ1n) is 8.40. The third-order valence-corrected chi connectivity index (χ3v) is 4.91. The normalized spacial score (nSPS) is 24.8. The van der Waals surface area contributed by atoms with E-state index in [0.717, 1.165) is 44.9 Å². The molecular weight excluding hydrogens is 248 g/mol. The van der Waals surface area contributed by atoms with Crippen molar-refractivity contribution in [2.75, 3.05) is 32.7 Å². The van der Waals surface area contributed by atoms with Gasteiger partial charge in [-0.05, 0) is 65.0 Å². The number of likely N-dealkylation sites (tertiary alicyclic amines) is 1. The summed E-state index contributed by atoms with van der Waals surface area (Å²) in [6.07, 6.45) is 10.6. The maximum absolute atomic E-state index is 12.4. The second-order valence-electron chi connectivity index (χ2n) is 6.24. The fourth-order valence-corrected chi connectivity index (χ4v) is 3.54. The molecule has 3 nitrogen and oxygen atoms in total. The molecular formula is C17H30N2O. The summed E-state index contributed by atoms with van der Waals surface area (Å²) < 4.78 is 0. The average Bonchev–Trinajstić information content (AvgIpc) is 2.50. The maximum atomic E-state index is 12.4. The van der Waals surface area contributed by atoms with Crippen molar-refractivity contribution in [2.24, 2.45) is 11.8 Å². The molecule has 0 aromatic rings. The third-order valence-electron chi connectivity index (χ3n) is 4.91. The van der Waals surface area contributed by atoms with E-state index in [0.29, 0.717) is 5.91 Å². The molecule has 0 saturated carbocycles. The summed E-state index contributed by atoms with van der Waals surface area (Å²) in [6, 6.07) is 0. The van der Waals surface area contributed by atoms with Gasteiger partial charge in [0.1, 0.15) is 0 Å². The standard InChI is InChI=1S/C17H30N2O/c1-3-19(4-2)17(20)16-10-12-18(13-11-16)14-15-8-6-5-7-9-15/h5-6,15-16H,3-4,7-14H2,1-2H3/t15-/m0/s1. The van der Waals surface area contributed by atoms with Crippen molar-refractivity contribution in [1.82, 2.24) is 9.80 Å². The monoisotopic (exact) mass is 278 g/mol. The van der Waals surface area contributed by atoms with Gasteiger partial charge in [-0.1, -0.05) is 12.2 Å². The van der Waals surface area contributed by atoms with E-state index >= 15 is 0 Å². The Morgan fingerprint density at radius 3 is 2.40 bits per heavy atom. The molecule has 1 amide bonds. The number of allylic oxidation sites excluding steroid dienone is 2. The van der Waals surface area contributed by atoms with E-state index < -0.39 is 0 Å². The molecule has 0 bridgehead atoms. The highest BCUT2D eigenvalue weighted by atomic mass is 16.2. The third kappa shape index (κ3) is 4.08. The number of piperidine rings is 1. The van der Waals surface area contributed by atoms with Crippen LogP contribution in [0.3, 0.4) is 0 Å². The molecule has 20 heavy (non-hydrogen) atoms. The van der Waals surface area contributed by atoms with Crippen LogP contribution in [-0.4, -0.2) is 48.4 Å². The lowest BCUT2D eigenvalue weighted by Crippen LogP contribution is -2.43. The summed E-state index contributed by atoms with van der Waals surface area (Å²) >= 11 is 0. The second kappa shape index (κ2) is 7.82. The summed E-state index contributed by atoms with van der Waals surface area (Å²) in [6.45, 7) is 9.31. The van der Waals surface area contributed by atoms with Crippen LogP contribution in [0.1, 0.15) is 46.0 Å². The Labute approximate surface area is 124 Å². The molecule has 1 aliphatic carbocycles. The van der Waals surface area contributed by atoms with Crippen molar-refractivity contribution >= 4 is 5.91 Å². The molecule has 1 atom stereocenters. The fraction of sp³-hybridized carbons (Fsp3) is 0.824. The summed E-state index contributed by atoms with van der Waals surface area (Å²) in [7, 11) is 0. The first-order valence-corrected chi connectivity index (χ1v) is 8.40. The first kappa shape index (κ1) is 15.6. The highest BCUT2D eigenvalue weighted by molar-refractivity contribution is 5.78. The Balaban J connectivity index is 1.74. The molecule has 1 heterocycles. The topological polar surface area (TPSA) is 23.6 Å². The number of amides is 1. The van der Waals surface area contributed by atoms with Gasteiger partial charge < -0.3 is 9.80 Å². The van der Waals surface area contributed by atoms with E-state index in [1.165, 1.54) is 25.8 Å². The molecule has 0 aromatic carbocycles. The van der Waals surface area contributed by atoms with E-state index in [2.05, 4.69) is 30.9 Å². The number of hydrogen-bond donors (Lipinski definition) is 0. The van der Waals surface area contributed by atoms with E-state index in [4.69, 9.17) is 0 Å². The van der Waals surface area contributed by atoms with Gasteiger partial charge in [0.2, 0.25) is 5.91 Å². The van der Waals surface area contributed by atoms with Gasteiger partial charge in [0, 0.05) is 25.6 Å². The van der Waals surface area contributed by atoms with Crippen molar-refractivity contribution in [3.63, 3.8) is 0 Å². The maximum Gasteiger partial charge on any atom is 0.225 e. The molecule has 1 fully saturated rings. The van der Waals surface area contributed by atoms with E-state index in [1.807, 2.05) is 4.90 Å². The smallest absolute Gasteiger partial charge is 0.225 e. The average molecular weight is 278 g/mol. The Hall–Kier alpha value is -0.830. The fourth-order valence-electron chi connectivity index (χ4n) is 3.54. The summed E-state index contributed by atoms with van der Waals surface area (Å²) in [4.78, 5) is 16.9. The van der Waals surface area contributed by atoms with Crippen LogP contribution in [0.4, 0.5) is 0 Å². The highest BCUT2D eigenvalue weighted by Crippen LogP contribution is 2.24. The number of rotatable bonds is 5. The van der Waals surface area contributed by atoms with Crippen molar-refractivity contribution < 1.29 is 4.79 Å².